The molecule has 5 aliphatic rings. The second-order valence-corrected chi connectivity index (χ2v) is 15.1. The van der Waals surface area contributed by atoms with Crippen molar-refractivity contribution in [2.45, 2.75) is 106 Å². The lowest BCUT2D eigenvalue weighted by Crippen LogP contribution is -2.61. The zero-order valence-electron chi connectivity index (χ0n) is 25.9. The van der Waals surface area contributed by atoms with Crippen molar-refractivity contribution in [3.63, 3.8) is 0 Å². The van der Waals surface area contributed by atoms with Gasteiger partial charge in [0.2, 0.25) is 17.6 Å². The van der Waals surface area contributed by atoms with E-state index in [0.29, 0.717) is 24.7 Å². The van der Waals surface area contributed by atoms with Gasteiger partial charge in [0.05, 0.1) is 6.04 Å². The molecular weight excluding hydrogens is 617 g/mol. The molecule has 1 aliphatic heterocycles. The normalized spacial score (nSPS) is 30.8. The molecule has 4 N–H and O–H groups in total. The molecule has 1 heterocycles. The molecule has 5 unspecified atom stereocenters. The van der Waals surface area contributed by atoms with Crippen LogP contribution in [0.3, 0.4) is 0 Å². The van der Waals surface area contributed by atoms with Gasteiger partial charge in [-0.15, -0.1) is 36.4 Å². The van der Waals surface area contributed by atoms with Crippen LogP contribution >= 0.6 is 23.2 Å². The number of likely N-dealkylation sites (tertiary alicyclic amines) is 1. The Hall–Kier alpha value is -2.59. The van der Waals surface area contributed by atoms with Gasteiger partial charge < -0.3 is 26.2 Å². The number of carbonyl (C=O) groups is 5. The summed E-state index contributed by atoms with van der Waals surface area (Å²) >= 11 is 13.2. The third kappa shape index (κ3) is 7.37. The predicted molar refractivity (Wildman–Crippen MR) is 172 cm³/mol. The lowest BCUT2D eigenvalue weighted by Gasteiger charge is -2.37. The van der Waals surface area contributed by atoms with Crippen LogP contribution in [0.4, 0.5) is 4.79 Å². The molecule has 5 amide bonds. The first-order valence-electron chi connectivity index (χ1n) is 16.7. The highest BCUT2D eigenvalue weighted by Crippen LogP contribution is 2.65. The van der Waals surface area contributed by atoms with E-state index in [4.69, 9.17) is 23.2 Å². The Morgan fingerprint density at radius 3 is 2.31 bits per heavy atom. The third-order valence-electron chi connectivity index (χ3n) is 10.8. The molecule has 0 spiro atoms. The van der Waals surface area contributed by atoms with Crippen molar-refractivity contribution in [3.05, 3.63) is 25.3 Å². The summed E-state index contributed by atoms with van der Waals surface area (Å²) in [7, 11) is 0. The Morgan fingerprint density at radius 2 is 1.67 bits per heavy atom. The number of ketones is 1. The highest BCUT2D eigenvalue weighted by molar-refractivity contribution is 6.51. The fourth-order valence-electron chi connectivity index (χ4n) is 8.28. The van der Waals surface area contributed by atoms with E-state index in [9.17, 15) is 24.0 Å². The van der Waals surface area contributed by atoms with Crippen molar-refractivity contribution in [1.29, 1.82) is 0 Å². The van der Waals surface area contributed by atoms with Gasteiger partial charge in [-0.1, -0.05) is 37.8 Å². The van der Waals surface area contributed by atoms with Crippen LogP contribution in [0.25, 0.3) is 0 Å². The number of carbonyl (C=O) groups excluding carboxylic acids is 5. The van der Waals surface area contributed by atoms with Crippen molar-refractivity contribution in [3.8, 4) is 0 Å². The average Bonchev–Trinajstić information content (AvgIpc) is 3.54. The van der Waals surface area contributed by atoms with E-state index < -0.39 is 46.0 Å². The molecule has 45 heavy (non-hydrogen) atoms. The van der Waals surface area contributed by atoms with Gasteiger partial charge >= 0.3 is 6.03 Å². The van der Waals surface area contributed by atoms with E-state index >= 15 is 0 Å². The molecule has 1 saturated heterocycles. The summed E-state index contributed by atoms with van der Waals surface area (Å²) in [6.07, 6.45) is 13.4. The van der Waals surface area contributed by atoms with Crippen molar-refractivity contribution in [2.24, 2.45) is 29.6 Å². The fraction of sp³-hybridized carbons (Fsp3) is 0.727. The van der Waals surface area contributed by atoms with Crippen LogP contribution in [0.5, 0.6) is 0 Å². The number of rotatable bonds is 14. The highest BCUT2D eigenvalue weighted by atomic mass is 35.5. The summed E-state index contributed by atoms with van der Waals surface area (Å²) in [6.45, 7) is 7.72. The average molecular weight is 665 g/mol. The third-order valence-corrected chi connectivity index (χ3v) is 11.8. The molecule has 0 aromatic heterocycles. The molecule has 8 atom stereocenters. The number of halogens is 2. The Bertz CT molecular complexity index is 1190. The van der Waals surface area contributed by atoms with E-state index in [-0.39, 0.29) is 49.3 Å². The molecule has 0 aromatic rings. The summed E-state index contributed by atoms with van der Waals surface area (Å²) in [5.41, 5.74) is 0. The van der Waals surface area contributed by atoms with Crippen LogP contribution in [-0.4, -0.2) is 76.0 Å². The van der Waals surface area contributed by atoms with Crippen molar-refractivity contribution in [1.82, 2.24) is 26.2 Å². The molecule has 5 rings (SSSR count). The molecule has 248 valence electrons. The summed E-state index contributed by atoms with van der Waals surface area (Å²) < 4.78 is -1.19. The van der Waals surface area contributed by atoms with E-state index in [0.717, 1.165) is 51.4 Å². The number of alkyl halides is 2. The van der Waals surface area contributed by atoms with Crippen LogP contribution in [0.2, 0.25) is 0 Å². The van der Waals surface area contributed by atoms with E-state index in [1.807, 2.05) is 0 Å². The van der Waals surface area contributed by atoms with Gasteiger partial charge in [-0.3, -0.25) is 19.2 Å². The van der Waals surface area contributed by atoms with Gasteiger partial charge in [0.25, 0.3) is 5.91 Å². The number of amides is 5. The predicted octanol–water partition coefficient (Wildman–Crippen LogP) is 3.77. The van der Waals surface area contributed by atoms with Crippen LogP contribution in [-0.2, 0) is 19.2 Å². The first-order chi connectivity index (χ1) is 21.6. The topological polar surface area (TPSA) is 137 Å². The number of piperidine rings is 1. The number of allylic oxidation sites excluding steroid dienone is 1. The zero-order chi connectivity index (χ0) is 32.3. The number of hydrogen-bond donors (Lipinski definition) is 4. The van der Waals surface area contributed by atoms with Gasteiger partial charge in [0.1, 0.15) is 16.4 Å². The molecular formula is C33H47Cl2N5O5. The zero-order valence-corrected chi connectivity index (χ0v) is 27.4. The summed E-state index contributed by atoms with van der Waals surface area (Å²) in [5, 5.41) is 11.5. The lowest BCUT2D eigenvalue weighted by atomic mass is 9.83. The number of hydrogen-bond acceptors (Lipinski definition) is 5. The maximum Gasteiger partial charge on any atom is 0.315 e. The number of nitrogens with zero attached hydrogens (tertiary/aromatic N) is 1. The first-order valence-corrected chi connectivity index (χ1v) is 17.4. The number of fused-ring (bicyclic) bond motifs is 3. The molecule has 0 aromatic carbocycles. The van der Waals surface area contributed by atoms with Gasteiger partial charge in [0.15, 0.2) is 0 Å². The molecule has 4 saturated carbocycles. The minimum Gasteiger partial charge on any atom is -0.349 e. The number of urea groups is 1. The van der Waals surface area contributed by atoms with Crippen LogP contribution in [0.1, 0.15) is 77.0 Å². The Kier molecular flexibility index (Phi) is 10.8. The molecule has 0 radical (unpaired) electrons. The molecule has 12 heteroatoms. The van der Waals surface area contributed by atoms with Crippen LogP contribution in [0.15, 0.2) is 25.3 Å². The van der Waals surface area contributed by atoms with Gasteiger partial charge in [-0.2, -0.15) is 0 Å². The van der Waals surface area contributed by atoms with Crippen molar-refractivity contribution in [2.75, 3.05) is 13.1 Å². The maximum absolute atomic E-state index is 14.3. The first kappa shape index (κ1) is 33.8. The van der Waals surface area contributed by atoms with Gasteiger partial charge in [-0.25, -0.2) is 4.79 Å². The smallest absolute Gasteiger partial charge is 0.315 e. The van der Waals surface area contributed by atoms with Crippen LogP contribution < -0.4 is 21.3 Å². The van der Waals surface area contributed by atoms with E-state index in [2.05, 4.69) is 34.4 Å². The van der Waals surface area contributed by atoms with E-state index in [1.54, 1.807) is 12.2 Å². The summed E-state index contributed by atoms with van der Waals surface area (Å²) in [5.74, 6) is -2.26. The van der Waals surface area contributed by atoms with Crippen molar-refractivity contribution < 1.29 is 24.0 Å². The van der Waals surface area contributed by atoms with Gasteiger partial charge in [-0.05, 0) is 69.1 Å². The number of nitrogens with one attached hydrogen (secondary N) is 4. The molecule has 2 bridgehead atoms. The standard InChI is InChI=1S/C33H47Cl2N5O5/c1-3-5-12-23(28(41)30(43)36-15-6-4-2)37-29(42)27-25-22(33(25,34)35)18-40(27)31(44)26(20-10-8-7-9-11-20)39-32(45)38-24-17-19-13-14-21(24)16-19/h3-4,19-27H,1-2,5-18H2,(H,36,43)(H,37,42)(H2,38,39,45)/t19?,21?,22-,23?,24?,25-,26?,27+/m1/s1. The van der Waals surface area contributed by atoms with Crippen LogP contribution in [0, 0.1) is 29.6 Å². The molecule has 4 aliphatic carbocycles. The monoisotopic (exact) mass is 663 g/mol. The SMILES string of the molecule is C=CCCNC(=O)C(=O)C(CCC=C)NC(=O)[C@@H]1[C@H]2[C@@H](CN1C(=O)C(NC(=O)NC1CC3CCC1C3)C1CCCCC1)C2(Cl)Cl. The second-order valence-electron chi connectivity index (χ2n) is 13.6. The number of Topliss-reactive ketones (excluding diaryl/α,β-unsaturated/α-hetero) is 1. The van der Waals surface area contributed by atoms with Crippen molar-refractivity contribution >= 4 is 52.7 Å². The minimum atomic E-state index is -1.19. The minimum absolute atomic E-state index is 0.0596. The quantitative estimate of drug-likeness (QED) is 0.0971. The van der Waals surface area contributed by atoms with Gasteiger partial charge in [0, 0.05) is 31.0 Å². The fourth-order valence-corrected chi connectivity index (χ4v) is 9.10. The lowest BCUT2D eigenvalue weighted by molar-refractivity contribution is -0.144. The highest BCUT2D eigenvalue weighted by Gasteiger charge is 2.74. The Labute approximate surface area is 275 Å². The summed E-state index contributed by atoms with van der Waals surface area (Å²) in [4.78, 5) is 68.7. The Morgan fingerprint density at radius 1 is 0.933 bits per heavy atom. The molecule has 10 nitrogen and oxygen atoms in total. The van der Waals surface area contributed by atoms with E-state index in [1.165, 1.54) is 11.3 Å². The maximum atomic E-state index is 14.3. The summed E-state index contributed by atoms with van der Waals surface area (Å²) in [6, 6.07) is -3.18. The Balaban J connectivity index is 1.31. The second kappa shape index (κ2) is 14.4. The largest absolute Gasteiger partial charge is 0.349 e. The molecule has 5 fully saturated rings.